The number of carbonyl (C=O) groups is 1. The summed E-state index contributed by atoms with van der Waals surface area (Å²) in [6, 6.07) is 4.93. The first-order chi connectivity index (χ1) is 9.54. The van der Waals surface area contributed by atoms with Gasteiger partial charge in [-0.25, -0.2) is 4.39 Å². The van der Waals surface area contributed by atoms with Crippen LogP contribution in [-0.2, 0) is 9.53 Å². The molecule has 0 atom stereocenters. The Labute approximate surface area is 129 Å². The molecule has 0 aromatic heterocycles. The minimum Gasteiger partial charge on any atom is -0.469 e. The van der Waals surface area contributed by atoms with E-state index in [4.69, 9.17) is 0 Å². The predicted octanol–water partition coefficient (Wildman–Crippen LogP) is 5.27. The second-order valence-corrected chi connectivity index (χ2v) is 5.28. The van der Waals surface area contributed by atoms with E-state index in [2.05, 4.69) is 20.7 Å². The Balaban J connectivity index is 0.000000321. The van der Waals surface area contributed by atoms with Crippen molar-refractivity contribution in [2.45, 2.75) is 46.5 Å². The first-order valence-electron chi connectivity index (χ1n) is 7.04. The highest BCUT2D eigenvalue weighted by molar-refractivity contribution is 9.10. The maximum absolute atomic E-state index is 12.5. The van der Waals surface area contributed by atoms with Crippen molar-refractivity contribution in [3.8, 4) is 0 Å². The summed E-state index contributed by atoms with van der Waals surface area (Å²) in [6.45, 7) is 5.92. The Morgan fingerprint density at radius 1 is 1.30 bits per heavy atom. The highest BCUT2D eigenvalue weighted by Crippen LogP contribution is 2.25. The first kappa shape index (κ1) is 19.1. The van der Waals surface area contributed by atoms with Gasteiger partial charge in [0.1, 0.15) is 5.82 Å². The number of benzene rings is 1. The van der Waals surface area contributed by atoms with Crippen LogP contribution in [0.3, 0.4) is 0 Å². The molecule has 0 heterocycles. The van der Waals surface area contributed by atoms with Crippen molar-refractivity contribution in [1.82, 2.24) is 0 Å². The lowest BCUT2D eigenvalue weighted by Crippen LogP contribution is -2.11. The van der Waals surface area contributed by atoms with Crippen molar-refractivity contribution in [3.05, 3.63) is 34.1 Å². The van der Waals surface area contributed by atoms with E-state index in [0.29, 0.717) is 4.47 Å². The predicted molar refractivity (Wildman–Crippen MR) is 84.2 cm³/mol. The van der Waals surface area contributed by atoms with Crippen LogP contribution in [0, 0.1) is 18.7 Å². The van der Waals surface area contributed by atoms with E-state index in [-0.39, 0.29) is 17.7 Å². The molecule has 1 fully saturated rings. The third-order valence-corrected chi connectivity index (χ3v) is 3.57. The number of hydrogen-bond acceptors (Lipinski definition) is 2. The number of halogens is 2. The Morgan fingerprint density at radius 2 is 1.85 bits per heavy atom. The minimum absolute atomic E-state index is 0.0208. The van der Waals surface area contributed by atoms with E-state index in [0.717, 1.165) is 18.4 Å². The molecule has 1 aliphatic rings. The van der Waals surface area contributed by atoms with E-state index in [1.54, 1.807) is 12.1 Å². The summed E-state index contributed by atoms with van der Waals surface area (Å²) in [4.78, 5) is 10.8. The molecule has 0 spiro atoms. The van der Waals surface area contributed by atoms with Gasteiger partial charge in [-0.1, -0.05) is 32.8 Å². The molecule has 2 rings (SSSR count). The van der Waals surface area contributed by atoms with Gasteiger partial charge in [0.2, 0.25) is 0 Å². The van der Waals surface area contributed by atoms with Crippen molar-refractivity contribution >= 4 is 21.9 Å². The smallest absolute Gasteiger partial charge is 0.308 e. The van der Waals surface area contributed by atoms with E-state index in [9.17, 15) is 9.18 Å². The van der Waals surface area contributed by atoms with Crippen molar-refractivity contribution in [2.75, 3.05) is 7.11 Å². The zero-order chi connectivity index (χ0) is 15.5. The van der Waals surface area contributed by atoms with Crippen molar-refractivity contribution < 1.29 is 13.9 Å². The van der Waals surface area contributed by atoms with Gasteiger partial charge in [0, 0.05) is 0 Å². The highest BCUT2D eigenvalue weighted by atomic mass is 79.9. The van der Waals surface area contributed by atoms with Gasteiger partial charge in [-0.15, -0.1) is 0 Å². The molecule has 1 aromatic carbocycles. The molecule has 1 saturated carbocycles. The van der Waals surface area contributed by atoms with Crippen LogP contribution in [0.1, 0.15) is 45.1 Å². The fourth-order valence-corrected chi connectivity index (χ4v) is 2.42. The molecule has 0 saturated heterocycles. The summed E-state index contributed by atoms with van der Waals surface area (Å²) in [5, 5.41) is 0. The summed E-state index contributed by atoms with van der Waals surface area (Å²) >= 11 is 3.07. The lowest BCUT2D eigenvalue weighted by molar-refractivity contribution is -0.145. The maximum Gasteiger partial charge on any atom is 0.308 e. The van der Waals surface area contributed by atoms with Gasteiger partial charge in [-0.05, 0) is 53.4 Å². The number of aryl methyl sites for hydroxylation is 1. The third-order valence-electron chi connectivity index (χ3n) is 2.96. The average Bonchev–Trinajstić information content (AvgIpc) is 2.99. The van der Waals surface area contributed by atoms with Crippen LogP contribution in [0.15, 0.2) is 22.7 Å². The second-order valence-electron chi connectivity index (χ2n) is 4.42. The Morgan fingerprint density at radius 3 is 2.25 bits per heavy atom. The standard InChI is InChI=1S/C7H6BrF.C7H12O2.C2H6/c1-5-2-3-7(9)6(8)4-5;1-9-7(8)6-4-2-3-5-6;1-2/h2-4H,1H3;6H,2-5H2,1H3;1-2H3. The number of ether oxygens (including phenoxy) is 1. The SMILES string of the molecule is CC.COC(=O)C1CCCC1.Cc1ccc(F)c(Br)c1. The maximum atomic E-state index is 12.5. The zero-order valence-electron chi connectivity index (χ0n) is 12.7. The largest absolute Gasteiger partial charge is 0.469 e. The van der Waals surface area contributed by atoms with Crippen LogP contribution in [0.4, 0.5) is 4.39 Å². The van der Waals surface area contributed by atoms with Gasteiger partial charge in [-0.2, -0.15) is 0 Å². The average molecular weight is 347 g/mol. The number of hydrogen-bond donors (Lipinski definition) is 0. The highest BCUT2D eigenvalue weighted by Gasteiger charge is 2.22. The lowest BCUT2D eigenvalue weighted by atomic mass is 10.1. The summed E-state index contributed by atoms with van der Waals surface area (Å²) < 4.78 is 17.6. The number of esters is 1. The van der Waals surface area contributed by atoms with Crippen LogP contribution in [0.25, 0.3) is 0 Å². The molecule has 1 aliphatic carbocycles. The Hall–Kier alpha value is -0.900. The number of carbonyl (C=O) groups excluding carboxylic acids is 1. The molecule has 4 heteroatoms. The third kappa shape index (κ3) is 7.04. The van der Waals surface area contributed by atoms with Crippen molar-refractivity contribution in [1.29, 1.82) is 0 Å². The summed E-state index contributed by atoms with van der Waals surface area (Å²) in [6.07, 6.45) is 4.46. The zero-order valence-corrected chi connectivity index (χ0v) is 14.3. The fourth-order valence-electron chi connectivity index (χ4n) is 1.93. The van der Waals surface area contributed by atoms with Crippen molar-refractivity contribution in [2.24, 2.45) is 5.92 Å². The van der Waals surface area contributed by atoms with Gasteiger partial charge >= 0.3 is 5.97 Å². The normalized spacial score (nSPS) is 13.7. The Bertz CT molecular complexity index is 401. The van der Waals surface area contributed by atoms with Crippen LogP contribution < -0.4 is 0 Å². The van der Waals surface area contributed by atoms with E-state index < -0.39 is 0 Å². The molecule has 114 valence electrons. The van der Waals surface area contributed by atoms with Crippen LogP contribution in [0.2, 0.25) is 0 Å². The molecule has 0 unspecified atom stereocenters. The molecular formula is C16H24BrFO2. The number of rotatable bonds is 1. The van der Waals surface area contributed by atoms with Gasteiger partial charge in [0.05, 0.1) is 17.5 Å². The van der Waals surface area contributed by atoms with Gasteiger partial charge in [0.25, 0.3) is 0 Å². The van der Waals surface area contributed by atoms with Crippen molar-refractivity contribution in [3.63, 3.8) is 0 Å². The molecule has 1 aromatic rings. The van der Waals surface area contributed by atoms with E-state index in [1.807, 2.05) is 20.8 Å². The van der Waals surface area contributed by atoms with Crippen LogP contribution in [-0.4, -0.2) is 13.1 Å². The molecule has 0 radical (unpaired) electrons. The second kappa shape index (κ2) is 10.8. The minimum atomic E-state index is -0.208. The Kier molecular flexibility index (Phi) is 10.3. The van der Waals surface area contributed by atoms with Crippen LogP contribution in [0.5, 0.6) is 0 Å². The van der Waals surface area contributed by atoms with Gasteiger partial charge < -0.3 is 4.74 Å². The fraction of sp³-hybridized carbons (Fsp3) is 0.562. The quantitative estimate of drug-likeness (QED) is 0.647. The monoisotopic (exact) mass is 346 g/mol. The molecule has 0 N–H and O–H groups in total. The number of methoxy groups -OCH3 is 1. The molecule has 0 amide bonds. The first-order valence-corrected chi connectivity index (χ1v) is 7.83. The summed E-state index contributed by atoms with van der Waals surface area (Å²) in [5.74, 6) is -0.0110. The molecule has 2 nitrogen and oxygen atoms in total. The summed E-state index contributed by atoms with van der Waals surface area (Å²) in [5.41, 5.74) is 1.06. The summed E-state index contributed by atoms with van der Waals surface area (Å²) in [7, 11) is 1.46. The van der Waals surface area contributed by atoms with Crippen LogP contribution >= 0.6 is 15.9 Å². The lowest BCUT2D eigenvalue weighted by Gasteiger charge is -2.03. The molecule has 0 aliphatic heterocycles. The molecule has 0 bridgehead atoms. The van der Waals surface area contributed by atoms with E-state index in [1.165, 1.54) is 26.0 Å². The molecule has 20 heavy (non-hydrogen) atoms. The van der Waals surface area contributed by atoms with Gasteiger partial charge in [-0.3, -0.25) is 4.79 Å². The molecular weight excluding hydrogens is 323 g/mol. The van der Waals surface area contributed by atoms with Gasteiger partial charge in [0.15, 0.2) is 0 Å². The topological polar surface area (TPSA) is 26.3 Å². The van der Waals surface area contributed by atoms with E-state index >= 15 is 0 Å².